The highest BCUT2D eigenvalue weighted by molar-refractivity contribution is 9.10. The number of amides is 1. The van der Waals surface area contributed by atoms with Crippen molar-refractivity contribution in [3.05, 3.63) is 64.4 Å². The van der Waals surface area contributed by atoms with Crippen molar-refractivity contribution in [3.63, 3.8) is 0 Å². The summed E-state index contributed by atoms with van der Waals surface area (Å²) in [6.45, 7) is 0.422. The number of halogens is 1. The van der Waals surface area contributed by atoms with Crippen molar-refractivity contribution in [1.29, 1.82) is 0 Å². The van der Waals surface area contributed by atoms with Crippen LogP contribution >= 0.6 is 15.9 Å². The van der Waals surface area contributed by atoms with Crippen LogP contribution in [0.4, 0.5) is 0 Å². The van der Waals surface area contributed by atoms with E-state index < -0.39 is 0 Å². The fourth-order valence-electron chi connectivity index (χ4n) is 3.37. The second-order valence-electron chi connectivity index (χ2n) is 6.33. The lowest BCUT2D eigenvalue weighted by molar-refractivity contribution is -0.130. The van der Waals surface area contributed by atoms with Gasteiger partial charge in [-0.2, -0.15) is 0 Å². The predicted octanol–water partition coefficient (Wildman–Crippen LogP) is 4.06. The summed E-state index contributed by atoms with van der Waals surface area (Å²) < 4.78 is 1.03. The van der Waals surface area contributed by atoms with Crippen LogP contribution in [-0.2, 0) is 16.8 Å². The van der Waals surface area contributed by atoms with Gasteiger partial charge in [0.15, 0.2) is 0 Å². The van der Waals surface area contributed by atoms with Gasteiger partial charge in [-0.25, -0.2) is 4.98 Å². The first kappa shape index (κ1) is 15.4. The molecular formula is C19H18BrN3O. The van der Waals surface area contributed by atoms with Crippen molar-refractivity contribution in [1.82, 2.24) is 15.3 Å². The molecule has 0 bridgehead atoms. The number of hydrogen-bond donors (Lipinski definition) is 2. The maximum absolute atomic E-state index is 12.9. The molecule has 1 saturated carbocycles. The van der Waals surface area contributed by atoms with Crippen molar-refractivity contribution in [2.24, 2.45) is 0 Å². The molecule has 1 aliphatic carbocycles. The van der Waals surface area contributed by atoms with Gasteiger partial charge in [-0.15, -0.1) is 0 Å². The molecule has 5 heteroatoms. The Hall–Kier alpha value is -2.14. The maximum Gasteiger partial charge on any atom is 0.231 e. The average Bonchev–Trinajstić information content (AvgIpc) is 2.96. The first-order valence-corrected chi connectivity index (χ1v) is 8.95. The first-order valence-electron chi connectivity index (χ1n) is 8.15. The van der Waals surface area contributed by atoms with E-state index in [0.717, 1.165) is 46.2 Å². The third kappa shape index (κ3) is 2.63. The van der Waals surface area contributed by atoms with Gasteiger partial charge in [-0.1, -0.05) is 46.6 Å². The van der Waals surface area contributed by atoms with E-state index in [-0.39, 0.29) is 11.3 Å². The van der Waals surface area contributed by atoms with Gasteiger partial charge in [0, 0.05) is 4.47 Å². The molecule has 0 spiro atoms. The monoisotopic (exact) mass is 383 g/mol. The summed E-state index contributed by atoms with van der Waals surface area (Å²) in [6.07, 6.45) is 2.90. The Labute approximate surface area is 148 Å². The number of aromatic amines is 1. The molecule has 2 aromatic carbocycles. The molecule has 0 atom stereocenters. The minimum atomic E-state index is -0.382. The number of hydrogen-bond acceptors (Lipinski definition) is 2. The Morgan fingerprint density at radius 3 is 2.58 bits per heavy atom. The molecule has 1 fully saturated rings. The van der Waals surface area contributed by atoms with Crippen LogP contribution in [0, 0.1) is 0 Å². The lowest BCUT2D eigenvalue weighted by Gasteiger charge is -2.40. The molecule has 4 nitrogen and oxygen atoms in total. The average molecular weight is 384 g/mol. The van der Waals surface area contributed by atoms with Crippen LogP contribution in [-0.4, -0.2) is 15.9 Å². The molecule has 1 heterocycles. The number of para-hydroxylation sites is 2. The fourth-order valence-corrected chi connectivity index (χ4v) is 3.63. The zero-order valence-electron chi connectivity index (χ0n) is 13.2. The van der Waals surface area contributed by atoms with Gasteiger partial charge >= 0.3 is 0 Å². The van der Waals surface area contributed by atoms with E-state index in [1.165, 1.54) is 0 Å². The molecule has 0 saturated heterocycles. The smallest absolute Gasteiger partial charge is 0.231 e. The normalized spacial score (nSPS) is 15.9. The minimum Gasteiger partial charge on any atom is -0.348 e. The van der Waals surface area contributed by atoms with Crippen LogP contribution in [0.1, 0.15) is 30.7 Å². The van der Waals surface area contributed by atoms with Gasteiger partial charge in [0.2, 0.25) is 5.91 Å². The van der Waals surface area contributed by atoms with Gasteiger partial charge in [0.1, 0.15) is 5.82 Å². The lowest BCUT2D eigenvalue weighted by Crippen LogP contribution is -2.49. The predicted molar refractivity (Wildman–Crippen MR) is 97.6 cm³/mol. The summed E-state index contributed by atoms with van der Waals surface area (Å²) in [5.74, 6) is 0.881. The third-order valence-corrected chi connectivity index (χ3v) is 5.42. The molecule has 1 aromatic heterocycles. The van der Waals surface area contributed by atoms with Crippen molar-refractivity contribution in [2.45, 2.75) is 31.2 Å². The number of carbonyl (C=O) groups excluding carboxylic acids is 1. The molecule has 0 aliphatic heterocycles. The van der Waals surface area contributed by atoms with Crippen LogP contribution in [0.3, 0.4) is 0 Å². The number of benzene rings is 2. The molecule has 24 heavy (non-hydrogen) atoms. The van der Waals surface area contributed by atoms with E-state index in [0.29, 0.717) is 6.54 Å². The van der Waals surface area contributed by atoms with E-state index >= 15 is 0 Å². The highest BCUT2D eigenvalue weighted by atomic mass is 79.9. The SMILES string of the molecule is O=C(NCc1nc2ccccc2[nH]1)C1(c2ccc(Br)cc2)CCC1. The molecule has 2 N–H and O–H groups in total. The zero-order chi connectivity index (χ0) is 16.6. The Morgan fingerprint density at radius 2 is 1.92 bits per heavy atom. The molecule has 3 aromatic rings. The standard InChI is InChI=1S/C19H18BrN3O/c20-14-8-6-13(7-9-14)19(10-3-11-19)18(24)21-12-17-22-15-4-1-2-5-16(15)23-17/h1-2,4-9H,3,10-12H2,(H,21,24)(H,22,23). The quantitative estimate of drug-likeness (QED) is 0.713. The van der Waals surface area contributed by atoms with Gasteiger partial charge in [-0.3, -0.25) is 4.79 Å². The van der Waals surface area contributed by atoms with Gasteiger partial charge in [0.25, 0.3) is 0 Å². The minimum absolute atomic E-state index is 0.0940. The van der Waals surface area contributed by atoms with Crippen molar-refractivity contribution >= 4 is 32.9 Å². The number of nitrogens with one attached hydrogen (secondary N) is 2. The van der Waals surface area contributed by atoms with Gasteiger partial charge in [-0.05, 0) is 42.7 Å². The number of fused-ring (bicyclic) bond motifs is 1. The highest BCUT2D eigenvalue weighted by Gasteiger charge is 2.45. The molecule has 0 unspecified atom stereocenters. The third-order valence-electron chi connectivity index (χ3n) is 4.89. The number of imidazole rings is 1. The van der Waals surface area contributed by atoms with Crippen molar-refractivity contribution < 1.29 is 4.79 Å². The number of aromatic nitrogens is 2. The van der Waals surface area contributed by atoms with Crippen molar-refractivity contribution in [2.75, 3.05) is 0 Å². The summed E-state index contributed by atoms with van der Waals surface area (Å²) in [7, 11) is 0. The summed E-state index contributed by atoms with van der Waals surface area (Å²) in [4.78, 5) is 20.6. The fraction of sp³-hybridized carbons (Fsp3) is 0.263. The topological polar surface area (TPSA) is 57.8 Å². The summed E-state index contributed by atoms with van der Waals surface area (Å²) in [6, 6.07) is 16.0. The summed E-state index contributed by atoms with van der Waals surface area (Å²) >= 11 is 3.45. The number of carbonyl (C=O) groups is 1. The Bertz CT molecular complexity index is 848. The number of H-pyrrole nitrogens is 1. The van der Waals surface area contributed by atoms with Crippen molar-refractivity contribution in [3.8, 4) is 0 Å². The molecule has 1 amide bonds. The zero-order valence-corrected chi connectivity index (χ0v) is 14.8. The Balaban J connectivity index is 1.51. The maximum atomic E-state index is 12.9. The molecule has 4 rings (SSSR count). The van der Waals surface area contributed by atoms with E-state index in [2.05, 4.69) is 31.2 Å². The largest absolute Gasteiger partial charge is 0.348 e. The van der Waals surface area contributed by atoms with Crippen LogP contribution in [0.5, 0.6) is 0 Å². The first-order chi connectivity index (χ1) is 11.7. The number of rotatable bonds is 4. The van der Waals surface area contributed by atoms with Crippen LogP contribution in [0.25, 0.3) is 11.0 Å². The van der Waals surface area contributed by atoms with Crippen LogP contribution in [0.2, 0.25) is 0 Å². The number of nitrogens with zero attached hydrogens (tertiary/aromatic N) is 1. The highest BCUT2D eigenvalue weighted by Crippen LogP contribution is 2.44. The molecular weight excluding hydrogens is 366 g/mol. The molecule has 1 aliphatic rings. The molecule has 0 radical (unpaired) electrons. The Kier molecular flexibility index (Phi) is 3.88. The van der Waals surface area contributed by atoms with E-state index in [9.17, 15) is 4.79 Å². The Morgan fingerprint density at radius 1 is 1.17 bits per heavy atom. The van der Waals surface area contributed by atoms with E-state index in [4.69, 9.17) is 0 Å². The van der Waals surface area contributed by atoms with Gasteiger partial charge < -0.3 is 10.3 Å². The summed E-state index contributed by atoms with van der Waals surface area (Å²) in [5, 5.41) is 3.07. The van der Waals surface area contributed by atoms with Gasteiger partial charge in [0.05, 0.1) is 23.0 Å². The van der Waals surface area contributed by atoms with Crippen LogP contribution in [0.15, 0.2) is 53.0 Å². The van der Waals surface area contributed by atoms with E-state index in [1.807, 2.05) is 48.5 Å². The second kappa shape index (κ2) is 6.06. The second-order valence-corrected chi connectivity index (χ2v) is 7.24. The van der Waals surface area contributed by atoms with E-state index in [1.54, 1.807) is 0 Å². The lowest BCUT2D eigenvalue weighted by atomic mass is 9.64. The van der Waals surface area contributed by atoms with Crippen LogP contribution < -0.4 is 5.32 Å². The summed E-state index contributed by atoms with van der Waals surface area (Å²) in [5.41, 5.74) is 2.63. The molecule has 122 valence electrons.